The van der Waals surface area contributed by atoms with Gasteiger partial charge < -0.3 is 4.42 Å². The maximum absolute atomic E-state index is 6.55. The highest BCUT2D eigenvalue weighted by Gasteiger charge is 2.20. The number of benzene rings is 9. The average molecular weight is 653 g/mol. The molecule has 0 bridgehead atoms. The average Bonchev–Trinajstić information content (AvgIpc) is 3.76. The molecule has 1 nitrogen and oxygen atoms in total. The molecule has 50 heavy (non-hydrogen) atoms. The lowest BCUT2D eigenvalue weighted by atomic mass is 9.85. The summed E-state index contributed by atoms with van der Waals surface area (Å²) >= 11 is 1.85. The first-order valence-corrected chi connectivity index (χ1v) is 17.9. The van der Waals surface area contributed by atoms with Gasteiger partial charge in [-0.1, -0.05) is 146 Å². The maximum atomic E-state index is 6.55. The molecular formula is C48H28OS. The first-order chi connectivity index (χ1) is 24.8. The second kappa shape index (κ2) is 10.6. The van der Waals surface area contributed by atoms with E-state index < -0.39 is 0 Å². The number of thiophene rings is 1. The zero-order chi connectivity index (χ0) is 32.8. The SMILES string of the molecule is c1ccc(-c2c3ccccc3c(-c3ccc(-c4cc5sc6ccc7c8ccccc8oc7c6c5c5ccccc45)cc3)c3ccccc23)cc1. The van der Waals surface area contributed by atoms with Crippen molar-refractivity contribution in [3.63, 3.8) is 0 Å². The Hall–Kier alpha value is -6.22. The molecule has 2 heterocycles. The van der Waals surface area contributed by atoms with Crippen LogP contribution in [0.15, 0.2) is 174 Å². The van der Waals surface area contributed by atoms with E-state index in [1.807, 2.05) is 17.4 Å². The number of hydrogen-bond donors (Lipinski definition) is 0. The Morgan fingerprint density at radius 1 is 0.340 bits per heavy atom. The first-order valence-electron chi connectivity index (χ1n) is 17.1. The van der Waals surface area contributed by atoms with E-state index in [2.05, 4.69) is 164 Å². The minimum absolute atomic E-state index is 0.936. The van der Waals surface area contributed by atoms with Crippen LogP contribution in [0.4, 0.5) is 0 Å². The van der Waals surface area contributed by atoms with Gasteiger partial charge in [0.25, 0.3) is 0 Å². The van der Waals surface area contributed by atoms with Gasteiger partial charge in [-0.15, -0.1) is 11.3 Å². The Labute approximate surface area is 292 Å². The van der Waals surface area contributed by atoms with E-state index in [1.165, 1.54) is 96.6 Å². The van der Waals surface area contributed by atoms with E-state index in [4.69, 9.17) is 4.42 Å². The Bertz CT molecular complexity index is 3070. The highest BCUT2D eigenvalue weighted by molar-refractivity contribution is 7.26. The lowest BCUT2D eigenvalue weighted by Gasteiger charge is -2.18. The van der Waals surface area contributed by atoms with Gasteiger partial charge in [-0.25, -0.2) is 0 Å². The van der Waals surface area contributed by atoms with Crippen molar-refractivity contribution >= 4 is 85.8 Å². The molecule has 0 amide bonds. The smallest absolute Gasteiger partial charge is 0.144 e. The van der Waals surface area contributed by atoms with Gasteiger partial charge in [0.05, 0.1) is 0 Å². The Balaban J connectivity index is 1.12. The van der Waals surface area contributed by atoms with Gasteiger partial charge in [-0.05, 0) is 90.0 Å². The third-order valence-electron chi connectivity index (χ3n) is 10.5. The van der Waals surface area contributed by atoms with Crippen LogP contribution in [0.3, 0.4) is 0 Å². The second-order valence-electron chi connectivity index (χ2n) is 13.1. The molecule has 0 radical (unpaired) electrons. The zero-order valence-electron chi connectivity index (χ0n) is 27.0. The standard InChI is InChI=1S/C48H28OS/c1-2-12-30(13-3-1)44-35-17-6-8-19-37(35)45(38-20-9-7-18-36(38)44)31-24-22-29(23-25-31)40-28-43-46(34-16-5-4-14-32(34)40)47-42(50-43)27-26-39-33-15-10-11-21-41(33)49-48(39)47/h1-28H. The highest BCUT2D eigenvalue weighted by atomic mass is 32.1. The number of para-hydroxylation sites is 1. The van der Waals surface area contributed by atoms with Crippen LogP contribution in [0.5, 0.6) is 0 Å². The van der Waals surface area contributed by atoms with Gasteiger partial charge in [0.1, 0.15) is 11.2 Å². The van der Waals surface area contributed by atoms with Gasteiger partial charge in [0.15, 0.2) is 0 Å². The van der Waals surface area contributed by atoms with Crippen molar-refractivity contribution in [2.24, 2.45) is 0 Å². The molecule has 0 aliphatic carbocycles. The quantitative estimate of drug-likeness (QED) is 0.173. The molecule has 232 valence electrons. The molecule has 2 heteroatoms. The van der Waals surface area contributed by atoms with Gasteiger partial charge in [-0.2, -0.15) is 0 Å². The van der Waals surface area contributed by atoms with E-state index in [-0.39, 0.29) is 0 Å². The minimum atomic E-state index is 0.936. The van der Waals surface area contributed by atoms with Crippen LogP contribution < -0.4 is 0 Å². The molecule has 9 aromatic carbocycles. The maximum Gasteiger partial charge on any atom is 0.144 e. The van der Waals surface area contributed by atoms with Crippen LogP contribution in [0.1, 0.15) is 0 Å². The molecule has 0 fully saturated rings. The van der Waals surface area contributed by atoms with Crippen molar-refractivity contribution in [3.05, 3.63) is 170 Å². The molecule has 0 unspecified atom stereocenters. The summed E-state index contributed by atoms with van der Waals surface area (Å²) in [5.41, 5.74) is 9.42. The molecule has 0 atom stereocenters. The van der Waals surface area contributed by atoms with Crippen molar-refractivity contribution in [2.75, 3.05) is 0 Å². The van der Waals surface area contributed by atoms with E-state index in [9.17, 15) is 0 Å². The van der Waals surface area contributed by atoms with Gasteiger partial charge >= 0.3 is 0 Å². The predicted octanol–water partition coefficient (Wildman–Crippen LogP) is 14.4. The molecule has 0 N–H and O–H groups in total. The Morgan fingerprint density at radius 3 is 1.52 bits per heavy atom. The van der Waals surface area contributed by atoms with E-state index in [0.717, 1.165) is 11.2 Å². The molecule has 0 saturated heterocycles. The van der Waals surface area contributed by atoms with Crippen LogP contribution in [-0.4, -0.2) is 0 Å². The van der Waals surface area contributed by atoms with Crippen LogP contribution in [0, 0.1) is 0 Å². The van der Waals surface area contributed by atoms with Crippen LogP contribution >= 0.6 is 11.3 Å². The predicted molar refractivity (Wildman–Crippen MR) is 215 cm³/mol. The van der Waals surface area contributed by atoms with Crippen molar-refractivity contribution in [1.29, 1.82) is 0 Å². The third kappa shape index (κ3) is 3.94. The number of fused-ring (bicyclic) bond motifs is 11. The van der Waals surface area contributed by atoms with E-state index in [0.29, 0.717) is 0 Å². The molecule has 0 aliphatic heterocycles. The fourth-order valence-corrected chi connectivity index (χ4v) is 9.47. The van der Waals surface area contributed by atoms with E-state index >= 15 is 0 Å². The molecule has 0 spiro atoms. The summed E-state index contributed by atoms with van der Waals surface area (Å²) in [5.74, 6) is 0. The van der Waals surface area contributed by atoms with Gasteiger partial charge in [0, 0.05) is 30.9 Å². The van der Waals surface area contributed by atoms with Crippen LogP contribution in [0.2, 0.25) is 0 Å². The minimum Gasteiger partial charge on any atom is -0.455 e. The van der Waals surface area contributed by atoms with Gasteiger partial charge in [-0.3, -0.25) is 0 Å². The summed E-state index contributed by atoms with van der Waals surface area (Å²) in [5, 5.41) is 12.4. The molecule has 2 aromatic heterocycles. The monoisotopic (exact) mass is 652 g/mol. The van der Waals surface area contributed by atoms with Crippen molar-refractivity contribution in [3.8, 4) is 33.4 Å². The molecule has 11 aromatic rings. The van der Waals surface area contributed by atoms with E-state index in [1.54, 1.807) is 0 Å². The first kappa shape index (κ1) is 27.7. The lowest BCUT2D eigenvalue weighted by Crippen LogP contribution is -1.91. The fourth-order valence-electron chi connectivity index (χ4n) is 8.31. The van der Waals surface area contributed by atoms with Gasteiger partial charge in [0.2, 0.25) is 0 Å². The third-order valence-corrected chi connectivity index (χ3v) is 11.6. The largest absolute Gasteiger partial charge is 0.455 e. The zero-order valence-corrected chi connectivity index (χ0v) is 27.8. The van der Waals surface area contributed by atoms with Crippen molar-refractivity contribution in [2.45, 2.75) is 0 Å². The normalized spacial score (nSPS) is 12.0. The van der Waals surface area contributed by atoms with Crippen LogP contribution in [0.25, 0.3) is 108 Å². The Morgan fingerprint density at radius 2 is 0.860 bits per heavy atom. The molecule has 0 aliphatic rings. The Kier molecular flexibility index (Phi) is 5.89. The van der Waals surface area contributed by atoms with Crippen LogP contribution in [-0.2, 0) is 0 Å². The molecular weight excluding hydrogens is 625 g/mol. The summed E-state index contributed by atoms with van der Waals surface area (Å²) in [7, 11) is 0. The fraction of sp³-hybridized carbons (Fsp3) is 0. The summed E-state index contributed by atoms with van der Waals surface area (Å²) < 4.78 is 9.08. The topological polar surface area (TPSA) is 13.1 Å². The molecule has 0 saturated carbocycles. The summed E-state index contributed by atoms with van der Waals surface area (Å²) in [6.07, 6.45) is 0. The summed E-state index contributed by atoms with van der Waals surface area (Å²) in [6.45, 7) is 0. The summed E-state index contributed by atoms with van der Waals surface area (Å²) in [4.78, 5) is 0. The second-order valence-corrected chi connectivity index (χ2v) is 14.2. The lowest BCUT2D eigenvalue weighted by molar-refractivity contribution is 0.673. The highest BCUT2D eigenvalue weighted by Crippen LogP contribution is 2.48. The van der Waals surface area contributed by atoms with Crippen molar-refractivity contribution < 1.29 is 4.42 Å². The van der Waals surface area contributed by atoms with Crippen molar-refractivity contribution in [1.82, 2.24) is 0 Å². The number of rotatable bonds is 3. The number of furan rings is 1. The number of hydrogen-bond acceptors (Lipinski definition) is 2. The summed E-state index contributed by atoms with van der Waals surface area (Å²) in [6, 6.07) is 61.9. The molecule has 11 rings (SSSR count).